The second-order valence-electron chi connectivity index (χ2n) is 7.03. The third-order valence-electron chi connectivity index (χ3n) is 5.50. The van der Waals surface area contributed by atoms with Crippen LogP contribution in [0, 0.1) is 5.92 Å². The summed E-state index contributed by atoms with van der Waals surface area (Å²) in [6.07, 6.45) is 6.15. The van der Waals surface area contributed by atoms with Crippen molar-refractivity contribution in [3.8, 4) is 5.75 Å². The second-order valence-corrected chi connectivity index (χ2v) is 8.51. The molecular weight excluding hydrogens is 350 g/mol. The molecule has 1 saturated heterocycles. The molecule has 25 heavy (non-hydrogen) atoms. The van der Waals surface area contributed by atoms with Gasteiger partial charge in [-0.1, -0.05) is 48.0 Å². The van der Waals surface area contributed by atoms with E-state index in [-0.39, 0.29) is 6.04 Å². The molecule has 1 fully saturated rings. The average Bonchev–Trinajstić information content (AvgIpc) is 3.09. The molecule has 2 aromatic rings. The lowest BCUT2D eigenvalue weighted by molar-refractivity contribution is 0.240. The first kappa shape index (κ1) is 15.7. The smallest absolute Gasteiger partial charge is 0.119 e. The Kier molecular flexibility index (Phi) is 3.94. The van der Waals surface area contributed by atoms with Gasteiger partial charge in [0.1, 0.15) is 11.9 Å². The van der Waals surface area contributed by atoms with E-state index in [1.54, 1.807) is 0 Å². The van der Waals surface area contributed by atoms with E-state index in [9.17, 15) is 0 Å². The van der Waals surface area contributed by atoms with E-state index in [0.29, 0.717) is 17.9 Å². The van der Waals surface area contributed by atoms with Gasteiger partial charge in [0.05, 0.1) is 16.8 Å². The van der Waals surface area contributed by atoms with Gasteiger partial charge in [-0.2, -0.15) is 11.8 Å². The van der Waals surface area contributed by atoms with Crippen LogP contribution in [0.1, 0.15) is 29.5 Å². The van der Waals surface area contributed by atoms with E-state index >= 15 is 0 Å². The molecule has 1 aliphatic carbocycles. The van der Waals surface area contributed by atoms with Crippen LogP contribution in [0.2, 0.25) is 5.02 Å². The number of fused-ring (bicyclic) bond motifs is 3. The summed E-state index contributed by atoms with van der Waals surface area (Å²) in [5, 5.41) is 4.53. The molecule has 4 heteroatoms. The summed E-state index contributed by atoms with van der Waals surface area (Å²) in [7, 11) is 0. The first-order chi connectivity index (χ1) is 12.3. The maximum absolute atomic E-state index is 6.48. The highest BCUT2D eigenvalue weighted by Gasteiger charge is 2.38. The molecule has 3 atom stereocenters. The van der Waals surface area contributed by atoms with Gasteiger partial charge in [-0.3, -0.25) is 0 Å². The molecular formula is C21H20ClNOS. The molecule has 0 bridgehead atoms. The van der Waals surface area contributed by atoms with Crippen LogP contribution < -0.4 is 10.1 Å². The molecule has 0 radical (unpaired) electrons. The van der Waals surface area contributed by atoms with Crippen LogP contribution in [0.5, 0.6) is 5.75 Å². The van der Waals surface area contributed by atoms with Gasteiger partial charge in [0.2, 0.25) is 0 Å². The lowest BCUT2D eigenvalue weighted by Gasteiger charge is -2.38. The fourth-order valence-electron chi connectivity index (χ4n) is 4.14. The van der Waals surface area contributed by atoms with Crippen LogP contribution >= 0.6 is 23.4 Å². The molecule has 0 spiro atoms. The Balaban J connectivity index is 1.44. The van der Waals surface area contributed by atoms with Gasteiger partial charge in [-0.25, -0.2) is 0 Å². The Morgan fingerprint density at radius 2 is 1.92 bits per heavy atom. The highest BCUT2D eigenvalue weighted by molar-refractivity contribution is 8.00. The fraction of sp³-hybridized carbons (Fsp3) is 0.333. The van der Waals surface area contributed by atoms with Crippen molar-refractivity contribution in [1.29, 1.82) is 0 Å². The van der Waals surface area contributed by atoms with Crippen molar-refractivity contribution in [3.63, 3.8) is 0 Å². The standard InChI is InChI=1S/C21H20ClNOS/c22-19-6-2-5-18-16-3-1-4-17(16)20(23-21(18)19)13-7-9-14(10-8-13)24-15-11-25-12-15/h1-3,5-10,15-17,20,23H,4,11-12H2/t16-,17-,20-/m1/s1. The number of halogens is 1. The minimum Gasteiger partial charge on any atom is -0.489 e. The van der Waals surface area contributed by atoms with Gasteiger partial charge >= 0.3 is 0 Å². The van der Waals surface area contributed by atoms with Crippen molar-refractivity contribution in [1.82, 2.24) is 0 Å². The van der Waals surface area contributed by atoms with Crippen LogP contribution in [0.15, 0.2) is 54.6 Å². The molecule has 0 aromatic heterocycles. The summed E-state index contributed by atoms with van der Waals surface area (Å²) >= 11 is 8.42. The zero-order chi connectivity index (χ0) is 16.8. The third-order valence-corrected chi connectivity index (χ3v) is 7.03. The lowest BCUT2D eigenvalue weighted by atomic mass is 9.77. The zero-order valence-corrected chi connectivity index (χ0v) is 15.4. The van der Waals surface area contributed by atoms with Crippen LogP contribution in [0.4, 0.5) is 5.69 Å². The quantitative estimate of drug-likeness (QED) is 0.705. The monoisotopic (exact) mass is 369 g/mol. The molecule has 0 unspecified atom stereocenters. The van der Waals surface area contributed by atoms with Gasteiger partial charge in [0.15, 0.2) is 0 Å². The number of allylic oxidation sites excluding steroid dienone is 2. The van der Waals surface area contributed by atoms with Crippen LogP contribution in [-0.4, -0.2) is 17.6 Å². The number of ether oxygens (including phenoxy) is 1. The molecule has 2 nitrogen and oxygen atoms in total. The minimum atomic E-state index is 0.278. The maximum atomic E-state index is 6.48. The summed E-state index contributed by atoms with van der Waals surface area (Å²) in [4.78, 5) is 0. The number of hydrogen-bond acceptors (Lipinski definition) is 3. The molecule has 1 N–H and O–H groups in total. The Morgan fingerprint density at radius 3 is 2.68 bits per heavy atom. The van der Waals surface area contributed by atoms with Crippen molar-refractivity contribution >= 4 is 29.1 Å². The maximum Gasteiger partial charge on any atom is 0.119 e. The number of para-hydroxylation sites is 1. The fourth-order valence-corrected chi connectivity index (χ4v) is 4.94. The molecule has 3 aliphatic rings. The molecule has 0 saturated carbocycles. The predicted molar refractivity (Wildman–Crippen MR) is 106 cm³/mol. The van der Waals surface area contributed by atoms with Crippen LogP contribution in [0.3, 0.4) is 0 Å². The Hall–Kier alpha value is -1.58. The first-order valence-corrected chi connectivity index (χ1v) is 10.4. The first-order valence-electron chi connectivity index (χ1n) is 8.85. The number of hydrogen-bond donors (Lipinski definition) is 1. The van der Waals surface area contributed by atoms with Crippen LogP contribution in [-0.2, 0) is 0 Å². The van der Waals surface area contributed by atoms with E-state index in [0.717, 1.165) is 34.4 Å². The van der Waals surface area contributed by atoms with Crippen molar-refractivity contribution < 1.29 is 4.74 Å². The molecule has 2 aliphatic heterocycles. The molecule has 128 valence electrons. The number of rotatable bonds is 3. The Morgan fingerprint density at radius 1 is 1.08 bits per heavy atom. The van der Waals surface area contributed by atoms with E-state index in [1.807, 2.05) is 17.8 Å². The van der Waals surface area contributed by atoms with Gasteiger partial charge in [-0.05, 0) is 41.7 Å². The average molecular weight is 370 g/mol. The normalized spacial score (nSPS) is 27.2. The van der Waals surface area contributed by atoms with Gasteiger partial charge in [0.25, 0.3) is 0 Å². The van der Waals surface area contributed by atoms with Crippen molar-refractivity contribution in [2.75, 3.05) is 16.8 Å². The highest BCUT2D eigenvalue weighted by atomic mass is 35.5. The molecule has 2 aromatic carbocycles. The Bertz CT molecular complexity index is 815. The molecule has 2 heterocycles. The molecule has 5 rings (SSSR count). The topological polar surface area (TPSA) is 21.3 Å². The Labute approximate surface area is 157 Å². The third kappa shape index (κ3) is 2.74. The van der Waals surface area contributed by atoms with Crippen LogP contribution in [0.25, 0.3) is 0 Å². The van der Waals surface area contributed by atoms with Gasteiger partial charge in [0, 0.05) is 17.4 Å². The summed E-state index contributed by atoms with van der Waals surface area (Å²) in [5.74, 6) is 4.18. The largest absolute Gasteiger partial charge is 0.489 e. The summed E-state index contributed by atoms with van der Waals surface area (Å²) in [5.41, 5.74) is 3.72. The molecule has 0 amide bonds. The van der Waals surface area contributed by atoms with E-state index in [2.05, 4.69) is 53.9 Å². The van der Waals surface area contributed by atoms with Gasteiger partial charge < -0.3 is 10.1 Å². The summed E-state index contributed by atoms with van der Waals surface area (Å²) < 4.78 is 5.98. The lowest BCUT2D eigenvalue weighted by Crippen LogP contribution is -2.31. The SMILES string of the molecule is Clc1cccc2c1N[C@H](c1ccc(OC3CSC3)cc1)[C@@H]1CC=C[C@@H]21. The van der Waals surface area contributed by atoms with E-state index in [1.165, 1.54) is 11.1 Å². The van der Waals surface area contributed by atoms with Gasteiger partial charge in [-0.15, -0.1) is 0 Å². The number of nitrogens with one attached hydrogen (secondary N) is 1. The number of thioether (sulfide) groups is 1. The number of anilines is 1. The number of benzene rings is 2. The minimum absolute atomic E-state index is 0.278. The predicted octanol–water partition coefficient (Wildman–Crippen LogP) is 5.66. The summed E-state index contributed by atoms with van der Waals surface area (Å²) in [6, 6.07) is 15.1. The van der Waals surface area contributed by atoms with Crippen molar-refractivity contribution in [2.24, 2.45) is 5.92 Å². The van der Waals surface area contributed by atoms with Crippen molar-refractivity contribution in [3.05, 3.63) is 70.8 Å². The zero-order valence-electron chi connectivity index (χ0n) is 13.8. The van der Waals surface area contributed by atoms with Crippen molar-refractivity contribution in [2.45, 2.75) is 24.5 Å². The highest BCUT2D eigenvalue weighted by Crippen LogP contribution is 2.51. The summed E-state index contributed by atoms with van der Waals surface area (Å²) in [6.45, 7) is 0. The van der Waals surface area contributed by atoms with E-state index < -0.39 is 0 Å². The van der Waals surface area contributed by atoms with E-state index in [4.69, 9.17) is 16.3 Å². The second kappa shape index (κ2) is 6.30.